The van der Waals surface area contributed by atoms with Gasteiger partial charge in [-0.25, -0.2) is 11.3 Å². The van der Waals surface area contributed by atoms with Gasteiger partial charge < -0.3 is 4.98 Å². The molecule has 0 atom stereocenters. The maximum absolute atomic E-state index is 7.05. The van der Waals surface area contributed by atoms with E-state index >= 15 is 0 Å². The van der Waals surface area contributed by atoms with E-state index in [-0.39, 0.29) is 44.4 Å². The van der Waals surface area contributed by atoms with Crippen molar-refractivity contribution in [3.63, 3.8) is 0 Å². The van der Waals surface area contributed by atoms with E-state index < -0.39 is 0 Å². The fraction of sp³-hybridized carbons (Fsp3) is 0.0345. The molecule has 0 fully saturated rings. The molecule has 0 bridgehead atoms. The molecule has 0 aliphatic rings. The number of pyridine rings is 2. The summed E-state index contributed by atoms with van der Waals surface area (Å²) >= 11 is 1.83. The largest absolute Gasteiger partial charge is 0.305 e. The first-order chi connectivity index (χ1) is 17.4. The topological polar surface area (TPSA) is 25.8 Å². The third-order valence-electron chi connectivity index (χ3n) is 4.51. The molecule has 3 aromatic carbocycles. The van der Waals surface area contributed by atoms with Gasteiger partial charge in [0.15, 0.2) is 0 Å². The second kappa shape index (κ2) is 12.8. The molecule has 6 aromatic rings. The Hall–Kier alpha value is -3.17. The summed E-state index contributed by atoms with van der Waals surface area (Å²) in [5.41, 5.74) is 3.26. The summed E-state index contributed by atoms with van der Waals surface area (Å²) in [5.74, 6) is 0. The Bertz CT molecular complexity index is 1530. The fourth-order valence-corrected chi connectivity index (χ4v) is 4.13. The second-order valence-corrected chi connectivity index (χ2v) is 7.86. The molecule has 0 unspecified atom stereocenters. The van der Waals surface area contributed by atoms with E-state index in [1.807, 2.05) is 53.9 Å². The molecule has 0 N–H and O–H groups in total. The van der Waals surface area contributed by atoms with Crippen molar-refractivity contribution in [1.29, 1.82) is 0 Å². The van der Waals surface area contributed by atoms with Crippen LogP contribution in [0.3, 0.4) is 0 Å². The van der Waals surface area contributed by atoms with E-state index in [0.29, 0.717) is 0 Å². The first-order valence-corrected chi connectivity index (χ1v) is 10.8. The number of aryl methyl sites for hydroxylation is 1. The van der Waals surface area contributed by atoms with Crippen molar-refractivity contribution in [2.24, 2.45) is 0 Å². The predicted octanol–water partition coefficient (Wildman–Crippen LogP) is 7.79. The maximum Gasteiger partial charge on any atom is 0.0840 e. The quantitative estimate of drug-likeness (QED) is 0.174. The Morgan fingerprint density at radius 1 is 0.848 bits per heavy atom. The summed E-state index contributed by atoms with van der Waals surface area (Å²) < 4.78 is 30.7. The Balaban J connectivity index is 0.000000154. The average molecular weight is 627 g/mol. The van der Waals surface area contributed by atoms with Gasteiger partial charge in [0, 0.05) is 43.4 Å². The summed E-state index contributed by atoms with van der Waals surface area (Å²) in [7, 11) is 0. The van der Waals surface area contributed by atoms with Crippen LogP contribution in [0.4, 0.5) is 0 Å². The Morgan fingerprint density at radius 3 is 2.52 bits per heavy atom. The van der Waals surface area contributed by atoms with Crippen LogP contribution >= 0.6 is 11.3 Å². The van der Waals surface area contributed by atoms with Crippen molar-refractivity contribution in [2.75, 3.05) is 0 Å². The molecule has 0 spiro atoms. The molecule has 3 aromatic heterocycles. The first kappa shape index (κ1) is 19.3. The minimum absolute atomic E-state index is 0. The van der Waals surface area contributed by atoms with Crippen LogP contribution in [-0.4, -0.2) is 9.97 Å². The summed E-state index contributed by atoms with van der Waals surface area (Å²) in [4.78, 5) is 7.69. The van der Waals surface area contributed by atoms with Crippen molar-refractivity contribution >= 4 is 31.5 Å². The number of hydrogen-bond acceptors (Lipinski definition) is 3. The average Bonchev–Trinajstić information content (AvgIpc) is 3.30. The number of nitrogens with zero attached hydrogens (tertiary/aromatic N) is 2. The number of thiophene rings is 1. The van der Waals surface area contributed by atoms with Crippen LogP contribution < -0.4 is 0 Å². The van der Waals surface area contributed by atoms with Crippen LogP contribution in [0.25, 0.3) is 31.4 Å². The molecular weight excluding hydrogens is 601 g/mol. The smallest absolute Gasteiger partial charge is 0.0840 e. The predicted molar refractivity (Wildman–Crippen MR) is 136 cm³/mol. The molecule has 0 aliphatic heterocycles. The van der Waals surface area contributed by atoms with E-state index in [2.05, 4.69) is 71.5 Å². The first-order valence-electron chi connectivity index (χ1n) is 12.0. The van der Waals surface area contributed by atoms with Crippen molar-refractivity contribution < 1.29 is 25.6 Å². The molecule has 165 valence electrons. The fourth-order valence-electron chi connectivity index (χ4n) is 3.05. The zero-order chi connectivity index (χ0) is 25.5. The summed E-state index contributed by atoms with van der Waals surface area (Å²) in [5, 5.41) is 2.70. The molecule has 0 aliphatic carbocycles. The number of benzene rings is 3. The molecule has 0 amide bonds. The third-order valence-corrected chi connectivity index (χ3v) is 5.64. The van der Waals surface area contributed by atoms with Gasteiger partial charge in [0.2, 0.25) is 0 Å². The van der Waals surface area contributed by atoms with Gasteiger partial charge in [-0.3, -0.25) is 4.98 Å². The maximum atomic E-state index is 7.05. The van der Waals surface area contributed by atoms with E-state index in [1.54, 1.807) is 0 Å². The van der Waals surface area contributed by atoms with Gasteiger partial charge in [-0.2, -0.15) is 24.3 Å². The van der Waals surface area contributed by atoms with Gasteiger partial charge in [-0.05, 0) is 42.2 Å². The monoisotopic (exact) mass is 627 g/mol. The van der Waals surface area contributed by atoms with Crippen LogP contribution in [0.2, 0.25) is 0 Å². The zero-order valence-corrected chi connectivity index (χ0v) is 21.0. The minimum Gasteiger partial charge on any atom is -0.305 e. The number of fused-ring (bicyclic) bond motifs is 3. The molecule has 6 rings (SSSR count). The molecule has 0 saturated carbocycles. The molecular formula is C29H22IrN2S-2. The normalized spacial score (nSPS) is 11.4. The van der Waals surface area contributed by atoms with Gasteiger partial charge in [-0.1, -0.05) is 40.6 Å². The van der Waals surface area contributed by atoms with Crippen LogP contribution in [0.15, 0.2) is 116 Å². The van der Waals surface area contributed by atoms with Crippen LogP contribution in [0.1, 0.15) is 11.0 Å². The van der Waals surface area contributed by atoms with Crippen molar-refractivity contribution in [2.45, 2.75) is 6.92 Å². The van der Waals surface area contributed by atoms with Crippen LogP contribution in [0, 0.1) is 19.1 Å². The Kier molecular flexibility index (Phi) is 7.47. The van der Waals surface area contributed by atoms with Crippen LogP contribution in [0.5, 0.6) is 0 Å². The van der Waals surface area contributed by atoms with E-state index in [9.17, 15) is 0 Å². The minimum atomic E-state index is -0.285. The second-order valence-electron chi connectivity index (χ2n) is 6.78. The van der Waals surface area contributed by atoms with Gasteiger partial charge in [-0.15, -0.1) is 41.3 Å². The van der Waals surface area contributed by atoms with E-state index in [4.69, 9.17) is 5.48 Å². The molecule has 33 heavy (non-hydrogen) atoms. The van der Waals surface area contributed by atoms with Gasteiger partial charge in [0.05, 0.1) is 5.48 Å². The van der Waals surface area contributed by atoms with Crippen LogP contribution in [-0.2, 0) is 20.1 Å². The number of hydrogen-bond donors (Lipinski definition) is 0. The van der Waals surface area contributed by atoms with Gasteiger partial charge in [0.25, 0.3) is 0 Å². The summed E-state index contributed by atoms with van der Waals surface area (Å²) in [6.45, 7) is 2.06. The van der Waals surface area contributed by atoms with E-state index in [1.165, 1.54) is 25.7 Å². The molecule has 4 heteroatoms. The Labute approximate surface area is 218 Å². The molecule has 3 heterocycles. The zero-order valence-electron chi connectivity index (χ0n) is 21.8. The van der Waals surface area contributed by atoms with E-state index in [0.717, 1.165) is 17.5 Å². The molecule has 1 radical (unpaired) electrons. The van der Waals surface area contributed by atoms with Crippen molar-refractivity contribution in [3.8, 4) is 11.3 Å². The SMILES string of the molecule is Cc1ccnc(-c2[c-]cccc2)c1.[2H]c1cnc([2H])c([2H])c1[2H].[Ir].[c-]1ccc2c(c1)sc1ccccc12. The third kappa shape index (κ3) is 6.90. The van der Waals surface area contributed by atoms with Crippen molar-refractivity contribution in [1.82, 2.24) is 9.97 Å². The molecule has 2 nitrogen and oxygen atoms in total. The van der Waals surface area contributed by atoms with Crippen molar-refractivity contribution in [3.05, 3.63) is 133 Å². The molecule has 0 saturated heterocycles. The Morgan fingerprint density at radius 2 is 1.70 bits per heavy atom. The van der Waals surface area contributed by atoms with Gasteiger partial charge >= 0.3 is 0 Å². The van der Waals surface area contributed by atoms with Gasteiger partial charge in [0.1, 0.15) is 0 Å². The standard InChI is InChI=1S/C12H10N.C12H7S.C5H5N.Ir/c1-10-7-8-13-12(9-10)11-5-3-2-4-6-11;1-3-7-11-9(5-1)10-6-2-4-8-12(10)13-11;1-2-4-6-5-3-1;/h2-5,7-9H,1H3;1-3,5-8H;1-5H;/q2*-1;;/i;;1D,2D,3D,4D;. The summed E-state index contributed by atoms with van der Waals surface area (Å²) in [6, 6.07) is 32.2. The summed E-state index contributed by atoms with van der Waals surface area (Å²) in [6.07, 6.45) is 2.68. The number of rotatable bonds is 1. The number of aromatic nitrogens is 2.